The van der Waals surface area contributed by atoms with E-state index in [1.54, 1.807) is 0 Å². The first-order chi connectivity index (χ1) is 6.02. The fourth-order valence-electron chi connectivity index (χ4n) is 1.20. The highest BCUT2D eigenvalue weighted by Crippen LogP contribution is 2.17. The molecule has 1 amide bonds. The van der Waals surface area contributed by atoms with E-state index in [0.717, 1.165) is 0 Å². The van der Waals surface area contributed by atoms with Crippen LogP contribution in [0.5, 0.6) is 0 Å². The lowest BCUT2D eigenvalue weighted by Gasteiger charge is -2.28. The first kappa shape index (κ1) is 10.4. The molecule has 0 radical (unpaired) electrons. The van der Waals surface area contributed by atoms with E-state index in [9.17, 15) is 9.18 Å². The third kappa shape index (κ3) is 2.37. The summed E-state index contributed by atoms with van der Waals surface area (Å²) in [7, 11) is 0. The van der Waals surface area contributed by atoms with Crippen molar-refractivity contribution >= 4 is 18.5 Å². The van der Waals surface area contributed by atoms with E-state index < -0.39 is 12.1 Å². The molecule has 1 atom stereocenters. The van der Waals surface area contributed by atoms with Crippen LogP contribution in [-0.4, -0.2) is 30.1 Å². The fraction of sp³-hybridized carbons (Fsp3) is 0.625. The first-order valence-electron chi connectivity index (χ1n) is 4.11. The molecule has 0 aliphatic carbocycles. The zero-order valence-corrected chi connectivity index (χ0v) is 8.35. The van der Waals surface area contributed by atoms with Gasteiger partial charge in [0, 0.05) is 23.6 Å². The number of thiol groups is 1. The Balaban J connectivity index is 2.63. The van der Waals surface area contributed by atoms with Crippen molar-refractivity contribution in [1.29, 1.82) is 0 Å². The highest BCUT2D eigenvalue weighted by molar-refractivity contribution is 7.84. The van der Waals surface area contributed by atoms with Crippen molar-refractivity contribution in [2.75, 3.05) is 13.1 Å². The summed E-state index contributed by atoms with van der Waals surface area (Å²) >= 11 is 4.12. The minimum absolute atomic E-state index is 0.335. The molecular formula is C8H13FN2OS. The van der Waals surface area contributed by atoms with Gasteiger partial charge in [0.05, 0.1) is 6.54 Å². The van der Waals surface area contributed by atoms with Gasteiger partial charge in [-0.15, -0.1) is 12.6 Å². The van der Waals surface area contributed by atoms with E-state index in [1.807, 2.05) is 0 Å². The lowest BCUT2D eigenvalue weighted by atomic mass is 10.2. The first-order valence-corrected chi connectivity index (χ1v) is 4.56. The van der Waals surface area contributed by atoms with E-state index in [2.05, 4.69) is 12.6 Å². The smallest absolute Gasteiger partial charge is 0.257 e. The number of alkyl halides is 1. The largest absolute Gasteiger partial charge is 0.401 e. The predicted molar refractivity (Wildman–Crippen MR) is 52.0 cm³/mol. The van der Waals surface area contributed by atoms with E-state index in [0.29, 0.717) is 30.1 Å². The molecule has 0 aromatic rings. The Morgan fingerprint density at radius 2 is 2.38 bits per heavy atom. The van der Waals surface area contributed by atoms with E-state index >= 15 is 0 Å². The number of carbonyl (C=O) groups excluding carboxylic acids is 1. The van der Waals surface area contributed by atoms with Gasteiger partial charge in [0.1, 0.15) is 0 Å². The van der Waals surface area contributed by atoms with Gasteiger partial charge >= 0.3 is 0 Å². The maximum Gasteiger partial charge on any atom is 0.257 e. The van der Waals surface area contributed by atoms with Gasteiger partial charge in [0.15, 0.2) is 6.17 Å². The maximum atomic E-state index is 12.6. The van der Waals surface area contributed by atoms with Crippen LogP contribution in [0.2, 0.25) is 0 Å². The molecule has 2 N–H and O–H groups in total. The van der Waals surface area contributed by atoms with Crippen molar-refractivity contribution < 1.29 is 9.18 Å². The van der Waals surface area contributed by atoms with Gasteiger partial charge in [-0.05, 0) is 6.92 Å². The Hall–Kier alpha value is -0.710. The maximum absolute atomic E-state index is 12.6. The van der Waals surface area contributed by atoms with Crippen LogP contribution in [-0.2, 0) is 4.79 Å². The third-order valence-corrected chi connectivity index (χ3v) is 2.44. The molecule has 0 aromatic heterocycles. The van der Waals surface area contributed by atoms with Crippen LogP contribution in [0.4, 0.5) is 4.39 Å². The number of rotatable bonds is 1. The second-order valence-corrected chi connectivity index (χ2v) is 3.64. The van der Waals surface area contributed by atoms with Gasteiger partial charge in [0.25, 0.3) is 5.91 Å². The van der Waals surface area contributed by atoms with Crippen molar-refractivity contribution in [3.05, 3.63) is 10.6 Å². The van der Waals surface area contributed by atoms with Gasteiger partial charge in [-0.25, -0.2) is 4.39 Å². The number of halogens is 1. The van der Waals surface area contributed by atoms with Crippen molar-refractivity contribution in [3.8, 4) is 0 Å². The van der Waals surface area contributed by atoms with Gasteiger partial charge in [0.2, 0.25) is 0 Å². The monoisotopic (exact) mass is 204 g/mol. The highest BCUT2D eigenvalue weighted by atomic mass is 32.1. The summed E-state index contributed by atoms with van der Waals surface area (Å²) in [4.78, 5) is 13.3. The highest BCUT2D eigenvalue weighted by Gasteiger charge is 2.23. The number of carbonyl (C=O) groups is 1. The minimum atomic E-state index is -1.44. The van der Waals surface area contributed by atoms with E-state index in [-0.39, 0.29) is 0 Å². The van der Waals surface area contributed by atoms with Crippen LogP contribution in [0.25, 0.3) is 0 Å². The van der Waals surface area contributed by atoms with Crippen molar-refractivity contribution in [1.82, 2.24) is 4.90 Å². The zero-order chi connectivity index (χ0) is 10.0. The molecule has 74 valence electrons. The van der Waals surface area contributed by atoms with Crippen molar-refractivity contribution in [2.24, 2.45) is 5.73 Å². The van der Waals surface area contributed by atoms with Crippen LogP contribution in [0.3, 0.4) is 0 Å². The Labute approximate surface area is 82.2 Å². The number of amides is 1. The molecule has 1 unspecified atom stereocenters. The molecule has 0 saturated carbocycles. The molecule has 0 fully saturated rings. The summed E-state index contributed by atoms with van der Waals surface area (Å²) in [6, 6.07) is 0. The van der Waals surface area contributed by atoms with Crippen LogP contribution >= 0.6 is 12.6 Å². The second-order valence-electron chi connectivity index (χ2n) is 3.10. The zero-order valence-electron chi connectivity index (χ0n) is 7.46. The SMILES string of the molecule is CC(F)C(=O)N1CCC(N)=C(S)C1. The molecule has 3 nitrogen and oxygen atoms in total. The van der Waals surface area contributed by atoms with Gasteiger partial charge in [-0.1, -0.05) is 0 Å². The summed E-state index contributed by atoms with van der Waals surface area (Å²) in [6.45, 7) is 2.06. The quantitative estimate of drug-likeness (QED) is 0.617. The fourth-order valence-corrected chi connectivity index (χ4v) is 1.48. The number of nitrogens with zero attached hydrogens (tertiary/aromatic N) is 1. The molecule has 1 aliphatic heterocycles. The van der Waals surface area contributed by atoms with E-state index in [1.165, 1.54) is 11.8 Å². The average molecular weight is 204 g/mol. The van der Waals surface area contributed by atoms with Crippen molar-refractivity contribution in [3.63, 3.8) is 0 Å². The Kier molecular flexibility index (Phi) is 3.19. The predicted octanol–water partition coefficient (Wildman–Crippen LogP) is 0.677. The molecular weight excluding hydrogens is 191 g/mol. The Morgan fingerprint density at radius 3 is 2.85 bits per heavy atom. The van der Waals surface area contributed by atoms with Crippen molar-refractivity contribution in [2.45, 2.75) is 19.5 Å². The number of nitrogens with two attached hydrogens (primary N) is 1. The van der Waals surface area contributed by atoms with Gasteiger partial charge in [-0.2, -0.15) is 0 Å². The summed E-state index contributed by atoms with van der Waals surface area (Å²) in [5.41, 5.74) is 6.28. The van der Waals surface area contributed by atoms with Crippen LogP contribution < -0.4 is 5.73 Å². The van der Waals surface area contributed by atoms with Crippen LogP contribution in [0.15, 0.2) is 10.6 Å². The lowest BCUT2D eigenvalue weighted by molar-refractivity contribution is -0.135. The van der Waals surface area contributed by atoms with Crippen LogP contribution in [0.1, 0.15) is 13.3 Å². The number of hydrogen-bond acceptors (Lipinski definition) is 3. The van der Waals surface area contributed by atoms with Gasteiger partial charge < -0.3 is 10.6 Å². The summed E-state index contributed by atoms with van der Waals surface area (Å²) in [6.07, 6.45) is -0.863. The van der Waals surface area contributed by atoms with Gasteiger partial charge in [-0.3, -0.25) is 4.79 Å². The lowest BCUT2D eigenvalue weighted by Crippen LogP contribution is -2.41. The molecule has 13 heavy (non-hydrogen) atoms. The molecule has 0 bridgehead atoms. The summed E-state index contributed by atoms with van der Waals surface area (Å²) < 4.78 is 12.6. The molecule has 1 aliphatic rings. The topological polar surface area (TPSA) is 46.3 Å². The molecule has 0 saturated heterocycles. The van der Waals surface area contributed by atoms with Crippen LogP contribution in [0, 0.1) is 0 Å². The third-order valence-electron chi connectivity index (χ3n) is 2.01. The number of hydrogen-bond donors (Lipinski definition) is 2. The average Bonchev–Trinajstić information content (AvgIpc) is 2.08. The molecule has 0 aromatic carbocycles. The summed E-state index contributed by atoms with van der Waals surface area (Å²) in [5, 5.41) is 0. The van der Waals surface area contributed by atoms with E-state index in [4.69, 9.17) is 5.73 Å². The normalized spacial score (nSPS) is 20.4. The molecule has 0 spiro atoms. The Bertz CT molecular complexity index is 253. The molecule has 1 rings (SSSR count). The standard InChI is InChI=1S/C8H13FN2OS/c1-5(9)8(12)11-3-2-6(10)7(13)4-11/h5,13H,2-4,10H2,1H3. The summed E-state index contributed by atoms with van der Waals surface area (Å²) in [5.74, 6) is -0.487. The molecule has 1 heterocycles. The molecule has 5 heteroatoms. The minimum Gasteiger partial charge on any atom is -0.401 e. The Morgan fingerprint density at radius 1 is 1.77 bits per heavy atom. The second kappa shape index (κ2) is 4.00.